The Balaban J connectivity index is 1.78. The molecule has 0 atom stereocenters. The number of hydrogen-bond donors (Lipinski definition) is 1. The molecule has 0 saturated heterocycles. The number of ether oxygens (including phenoxy) is 1. The highest BCUT2D eigenvalue weighted by atomic mass is 35.5. The van der Waals surface area contributed by atoms with Crippen LogP contribution in [0.2, 0.25) is 10.0 Å². The molecule has 0 spiro atoms. The molecule has 0 aliphatic carbocycles. The Bertz CT molecular complexity index is 953. The highest BCUT2D eigenvalue weighted by Crippen LogP contribution is 2.36. The van der Waals surface area contributed by atoms with Crippen LogP contribution in [0.3, 0.4) is 0 Å². The molecule has 0 radical (unpaired) electrons. The Morgan fingerprint density at radius 3 is 2.67 bits per heavy atom. The first kappa shape index (κ1) is 19.0. The van der Waals surface area contributed by atoms with Gasteiger partial charge in [0.2, 0.25) is 0 Å². The number of benzene rings is 2. The minimum Gasteiger partial charge on any atom is -0.458 e. The summed E-state index contributed by atoms with van der Waals surface area (Å²) in [6.07, 6.45) is 1.83. The second-order valence-electron chi connectivity index (χ2n) is 5.63. The number of carbonyl (C=O) groups excluding carboxylic acids is 1. The summed E-state index contributed by atoms with van der Waals surface area (Å²) in [4.78, 5) is 21.8. The van der Waals surface area contributed by atoms with Gasteiger partial charge < -0.3 is 9.57 Å². The van der Waals surface area contributed by atoms with Crippen LogP contribution in [-0.2, 0) is 4.84 Å². The highest BCUT2D eigenvalue weighted by molar-refractivity contribution is 6.45. The molecular weight excluding hydrogens is 387 g/mol. The van der Waals surface area contributed by atoms with Crippen molar-refractivity contribution in [1.82, 2.24) is 5.48 Å². The van der Waals surface area contributed by atoms with Crippen LogP contribution in [0.15, 0.2) is 71.8 Å². The quantitative estimate of drug-likeness (QED) is 0.404. The van der Waals surface area contributed by atoms with E-state index in [2.05, 4.69) is 17.1 Å². The third kappa shape index (κ3) is 4.15. The van der Waals surface area contributed by atoms with Gasteiger partial charge in [0.15, 0.2) is 17.9 Å². The largest absolute Gasteiger partial charge is 0.458 e. The molecule has 1 N–H and O–H groups in total. The molecule has 0 fully saturated rings. The first-order valence-electron chi connectivity index (χ1n) is 8.15. The van der Waals surface area contributed by atoms with E-state index < -0.39 is 0 Å². The smallest absolute Gasteiger partial charge is 0.283 e. The summed E-state index contributed by atoms with van der Waals surface area (Å²) in [5, 5.41) is 0.243. The fraction of sp³-hybridized carbons (Fsp3) is 0.100. The average Bonchev–Trinajstić information content (AvgIpc) is 3.17. The van der Waals surface area contributed by atoms with Crippen LogP contribution in [0.25, 0.3) is 0 Å². The number of hydroxylamine groups is 1. The lowest BCUT2D eigenvalue weighted by molar-refractivity contribution is 0.103. The zero-order chi connectivity index (χ0) is 19.4. The van der Waals surface area contributed by atoms with Gasteiger partial charge in [0, 0.05) is 11.1 Å². The zero-order valence-electron chi connectivity index (χ0n) is 14.5. The SMILES string of the molecule is C=C(CC)C(=O)c1ccc(OC=C2N=C(c3ccccc3)NO2)c(Cl)c1Cl. The van der Waals surface area contributed by atoms with Crippen molar-refractivity contribution in [3.05, 3.63) is 87.9 Å². The van der Waals surface area contributed by atoms with Crippen LogP contribution in [0.4, 0.5) is 0 Å². The van der Waals surface area contributed by atoms with Crippen molar-refractivity contribution >= 4 is 34.8 Å². The van der Waals surface area contributed by atoms with Crippen molar-refractivity contribution in [2.75, 3.05) is 0 Å². The predicted molar refractivity (Wildman–Crippen MR) is 106 cm³/mol. The summed E-state index contributed by atoms with van der Waals surface area (Å²) < 4.78 is 5.52. The van der Waals surface area contributed by atoms with Gasteiger partial charge in [-0.05, 0) is 24.1 Å². The fourth-order valence-corrected chi connectivity index (χ4v) is 2.74. The molecule has 3 rings (SSSR count). The van der Waals surface area contributed by atoms with E-state index in [4.69, 9.17) is 32.8 Å². The number of nitrogens with one attached hydrogen (secondary N) is 1. The maximum absolute atomic E-state index is 12.3. The summed E-state index contributed by atoms with van der Waals surface area (Å²) in [6.45, 7) is 5.58. The molecule has 0 amide bonds. The molecule has 0 bridgehead atoms. The van der Waals surface area contributed by atoms with Crippen LogP contribution in [-0.4, -0.2) is 11.6 Å². The van der Waals surface area contributed by atoms with Crippen molar-refractivity contribution in [2.45, 2.75) is 13.3 Å². The van der Waals surface area contributed by atoms with Crippen LogP contribution >= 0.6 is 23.2 Å². The van der Waals surface area contributed by atoms with Crippen molar-refractivity contribution in [1.29, 1.82) is 0 Å². The summed E-state index contributed by atoms with van der Waals surface area (Å²) in [5.41, 5.74) is 4.34. The molecule has 0 unspecified atom stereocenters. The second kappa shape index (κ2) is 8.29. The van der Waals surface area contributed by atoms with Crippen LogP contribution in [0, 0.1) is 0 Å². The van der Waals surface area contributed by atoms with Gasteiger partial charge in [-0.2, -0.15) is 4.99 Å². The van der Waals surface area contributed by atoms with Crippen LogP contribution < -0.4 is 10.2 Å². The number of Topliss-reactive ketones (excluding diaryl/α,β-unsaturated/α-hetero) is 1. The molecule has 138 valence electrons. The Labute approximate surface area is 166 Å². The maximum Gasteiger partial charge on any atom is 0.283 e. The van der Waals surface area contributed by atoms with Gasteiger partial charge in [0.1, 0.15) is 10.8 Å². The number of halogens is 2. The van der Waals surface area contributed by atoms with Gasteiger partial charge in [-0.15, -0.1) is 0 Å². The Morgan fingerprint density at radius 1 is 1.22 bits per heavy atom. The molecular formula is C20H16Cl2N2O3. The predicted octanol–water partition coefficient (Wildman–Crippen LogP) is 5.30. The normalized spacial score (nSPS) is 14.3. The van der Waals surface area contributed by atoms with Crippen molar-refractivity contribution in [3.8, 4) is 5.75 Å². The molecule has 5 nitrogen and oxygen atoms in total. The van der Waals surface area contributed by atoms with Gasteiger partial charge in [-0.25, -0.2) is 5.48 Å². The van der Waals surface area contributed by atoms with Gasteiger partial charge >= 0.3 is 0 Å². The topological polar surface area (TPSA) is 59.9 Å². The molecule has 0 saturated carbocycles. The van der Waals surface area contributed by atoms with E-state index in [9.17, 15) is 4.79 Å². The van der Waals surface area contributed by atoms with E-state index in [0.717, 1.165) is 5.56 Å². The summed E-state index contributed by atoms with van der Waals surface area (Å²) in [7, 11) is 0. The van der Waals surface area contributed by atoms with E-state index in [0.29, 0.717) is 17.8 Å². The summed E-state index contributed by atoms with van der Waals surface area (Å²) in [6, 6.07) is 12.6. The van der Waals surface area contributed by atoms with Gasteiger partial charge in [-0.1, -0.05) is 67.0 Å². The summed E-state index contributed by atoms with van der Waals surface area (Å²) >= 11 is 12.5. The van der Waals surface area contributed by atoms with Crippen molar-refractivity contribution < 1.29 is 14.4 Å². The molecule has 1 aliphatic rings. The van der Waals surface area contributed by atoms with E-state index in [1.807, 2.05) is 37.3 Å². The van der Waals surface area contributed by atoms with E-state index in [-0.39, 0.29) is 33.0 Å². The van der Waals surface area contributed by atoms with E-state index in [1.54, 1.807) is 12.1 Å². The maximum atomic E-state index is 12.3. The summed E-state index contributed by atoms with van der Waals surface area (Å²) in [5.74, 6) is 0.823. The fourth-order valence-electron chi connectivity index (χ4n) is 2.29. The number of ketones is 1. The second-order valence-corrected chi connectivity index (χ2v) is 6.39. The van der Waals surface area contributed by atoms with Gasteiger partial charge in [-0.3, -0.25) is 4.79 Å². The van der Waals surface area contributed by atoms with Crippen molar-refractivity contribution in [2.24, 2.45) is 4.99 Å². The number of nitrogens with zero attached hydrogens (tertiary/aromatic N) is 1. The molecule has 2 aromatic carbocycles. The Hall–Kier alpha value is -2.76. The molecule has 1 heterocycles. The van der Waals surface area contributed by atoms with Gasteiger partial charge in [0.25, 0.3) is 5.88 Å². The van der Waals surface area contributed by atoms with E-state index in [1.165, 1.54) is 6.26 Å². The number of rotatable bonds is 6. The number of carbonyl (C=O) groups is 1. The lowest BCUT2D eigenvalue weighted by Crippen LogP contribution is -2.17. The minimum absolute atomic E-state index is 0.117. The Morgan fingerprint density at radius 2 is 1.96 bits per heavy atom. The lowest BCUT2D eigenvalue weighted by Gasteiger charge is -2.09. The van der Waals surface area contributed by atoms with Crippen molar-refractivity contribution in [3.63, 3.8) is 0 Å². The van der Waals surface area contributed by atoms with E-state index >= 15 is 0 Å². The zero-order valence-corrected chi connectivity index (χ0v) is 16.0. The minimum atomic E-state index is -0.241. The van der Waals surface area contributed by atoms with Gasteiger partial charge in [0.05, 0.1) is 5.02 Å². The average molecular weight is 403 g/mol. The number of allylic oxidation sites excluding steroid dienone is 1. The molecule has 0 aromatic heterocycles. The molecule has 1 aliphatic heterocycles. The number of aliphatic imine (C=N–C) groups is 1. The first-order chi connectivity index (χ1) is 13.0. The third-order valence-electron chi connectivity index (χ3n) is 3.85. The number of hydrogen-bond acceptors (Lipinski definition) is 5. The van der Waals surface area contributed by atoms with Crippen LogP contribution in [0.1, 0.15) is 29.3 Å². The standard InChI is InChI=1S/C20H16Cl2N2O3/c1-3-12(2)19(25)14-9-10-15(18(22)17(14)21)26-11-16-23-20(24-27-16)13-7-5-4-6-8-13/h4-11H,2-3H2,1H3,(H,23,24). The third-order valence-corrected chi connectivity index (χ3v) is 4.71. The molecule has 27 heavy (non-hydrogen) atoms. The lowest BCUT2D eigenvalue weighted by atomic mass is 10.0. The molecule has 2 aromatic rings. The number of amidine groups is 1. The first-order valence-corrected chi connectivity index (χ1v) is 8.91. The van der Waals surface area contributed by atoms with Crippen LogP contribution in [0.5, 0.6) is 5.75 Å². The molecule has 7 heteroatoms. The highest BCUT2D eigenvalue weighted by Gasteiger charge is 2.19. The monoisotopic (exact) mass is 402 g/mol. The Kier molecular flexibility index (Phi) is 5.84.